The molecule has 1 nitrogen and oxygen atoms in total. The third kappa shape index (κ3) is 3.75. The zero-order valence-electron chi connectivity index (χ0n) is 10.4. The number of hydrogen-bond acceptors (Lipinski definition) is 1. The lowest BCUT2D eigenvalue weighted by Crippen LogP contribution is -2.08. The van der Waals surface area contributed by atoms with E-state index in [1.165, 1.54) is 0 Å². The molecule has 0 amide bonds. The van der Waals surface area contributed by atoms with Gasteiger partial charge in [-0.15, -0.1) is 0 Å². The summed E-state index contributed by atoms with van der Waals surface area (Å²) in [4.78, 5) is 0. The van der Waals surface area contributed by atoms with Gasteiger partial charge in [0.05, 0.1) is 21.8 Å². The topological polar surface area (TPSA) is 12.0 Å². The van der Waals surface area contributed by atoms with Crippen molar-refractivity contribution < 1.29 is 0 Å². The van der Waals surface area contributed by atoms with Crippen LogP contribution in [0.25, 0.3) is 0 Å². The van der Waals surface area contributed by atoms with Gasteiger partial charge in [0.25, 0.3) is 0 Å². The summed E-state index contributed by atoms with van der Waals surface area (Å²) in [5, 5.41) is 5.60. The summed E-state index contributed by atoms with van der Waals surface area (Å²) in [5.74, 6) is 0. The van der Waals surface area contributed by atoms with Crippen LogP contribution in [-0.4, -0.2) is 0 Å². The summed E-state index contributed by atoms with van der Waals surface area (Å²) in [7, 11) is 0. The number of rotatable bonds is 3. The molecule has 0 heterocycles. The van der Waals surface area contributed by atoms with Crippen LogP contribution in [0.5, 0.6) is 0 Å². The minimum atomic E-state index is -0.0858. The highest BCUT2D eigenvalue weighted by atomic mass is 79.9. The van der Waals surface area contributed by atoms with Crippen molar-refractivity contribution in [1.29, 1.82) is 0 Å². The van der Waals surface area contributed by atoms with Gasteiger partial charge in [0.1, 0.15) is 0 Å². The van der Waals surface area contributed by atoms with Crippen LogP contribution in [0.3, 0.4) is 0 Å². The molecule has 6 heteroatoms. The second kappa shape index (κ2) is 6.76. The van der Waals surface area contributed by atoms with Gasteiger partial charge in [-0.2, -0.15) is 0 Å². The molecule has 0 saturated heterocycles. The van der Waals surface area contributed by atoms with Crippen molar-refractivity contribution in [2.45, 2.75) is 13.0 Å². The summed E-state index contributed by atoms with van der Waals surface area (Å²) < 4.78 is 0.825. The second-order valence-corrected chi connectivity index (χ2v) is 6.85. The first-order valence-electron chi connectivity index (χ1n) is 5.74. The normalized spacial score (nSPS) is 12.3. The monoisotopic (exact) mass is 411 g/mol. The highest BCUT2D eigenvalue weighted by molar-refractivity contribution is 9.10. The molecular weight excluding hydrogens is 404 g/mol. The Hall–Kier alpha value is -0.120. The highest BCUT2D eigenvalue weighted by Gasteiger charge is 2.14. The molecule has 1 atom stereocenters. The number of anilines is 1. The van der Waals surface area contributed by atoms with E-state index in [-0.39, 0.29) is 6.04 Å². The van der Waals surface area contributed by atoms with Crippen molar-refractivity contribution in [1.82, 2.24) is 0 Å². The standard InChI is InChI=1S/C14H10BrCl4N/c1-7(10-6-9(16)2-3-11(10)17)20-14-12(18)4-8(15)5-13(14)19/h2-7,20H,1H3. The molecule has 0 aliphatic heterocycles. The Labute approximate surface area is 146 Å². The van der Waals surface area contributed by atoms with Crippen LogP contribution in [0, 0.1) is 0 Å². The van der Waals surface area contributed by atoms with E-state index >= 15 is 0 Å². The lowest BCUT2D eigenvalue weighted by molar-refractivity contribution is 0.885. The molecule has 0 radical (unpaired) electrons. The Morgan fingerprint density at radius 3 is 2.15 bits per heavy atom. The minimum absolute atomic E-state index is 0.0858. The Balaban J connectivity index is 2.32. The zero-order chi connectivity index (χ0) is 14.9. The van der Waals surface area contributed by atoms with E-state index in [2.05, 4.69) is 21.2 Å². The molecule has 0 spiro atoms. The Morgan fingerprint density at radius 2 is 1.55 bits per heavy atom. The fourth-order valence-corrected chi connectivity index (χ4v) is 3.60. The molecule has 0 fully saturated rings. The number of halogens is 5. The van der Waals surface area contributed by atoms with Crippen molar-refractivity contribution in [2.75, 3.05) is 5.32 Å². The molecule has 0 aliphatic rings. The van der Waals surface area contributed by atoms with E-state index in [0.29, 0.717) is 25.8 Å². The van der Waals surface area contributed by atoms with Gasteiger partial charge < -0.3 is 5.32 Å². The van der Waals surface area contributed by atoms with Crippen LogP contribution in [0.2, 0.25) is 20.1 Å². The van der Waals surface area contributed by atoms with Crippen molar-refractivity contribution in [3.8, 4) is 0 Å². The molecule has 0 aliphatic carbocycles. The van der Waals surface area contributed by atoms with Gasteiger partial charge in [-0.05, 0) is 42.8 Å². The average Bonchev–Trinajstić information content (AvgIpc) is 2.36. The van der Waals surface area contributed by atoms with E-state index in [1.54, 1.807) is 24.3 Å². The first-order chi connectivity index (χ1) is 9.38. The first-order valence-corrected chi connectivity index (χ1v) is 8.05. The number of benzene rings is 2. The molecule has 2 aromatic carbocycles. The molecule has 2 rings (SSSR count). The molecule has 0 saturated carbocycles. The maximum Gasteiger partial charge on any atom is 0.0724 e. The van der Waals surface area contributed by atoms with Crippen LogP contribution in [0.4, 0.5) is 5.69 Å². The van der Waals surface area contributed by atoms with E-state index in [1.807, 2.05) is 13.0 Å². The van der Waals surface area contributed by atoms with Crippen molar-refractivity contribution >= 4 is 68.0 Å². The van der Waals surface area contributed by atoms with E-state index in [0.717, 1.165) is 10.0 Å². The van der Waals surface area contributed by atoms with Crippen LogP contribution < -0.4 is 5.32 Å². The van der Waals surface area contributed by atoms with Gasteiger partial charge >= 0.3 is 0 Å². The predicted octanol–water partition coefficient (Wildman–Crippen LogP) is 7.24. The largest absolute Gasteiger partial charge is 0.376 e. The smallest absolute Gasteiger partial charge is 0.0724 e. The maximum atomic E-state index is 6.20. The molecule has 2 aromatic rings. The fraction of sp³-hybridized carbons (Fsp3) is 0.143. The minimum Gasteiger partial charge on any atom is -0.376 e. The summed E-state index contributed by atoms with van der Waals surface area (Å²) in [6, 6.07) is 8.81. The third-order valence-electron chi connectivity index (χ3n) is 2.79. The summed E-state index contributed by atoms with van der Waals surface area (Å²) in [6.07, 6.45) is 0. The van der Waals surface area contributed by atoms with Gasteiger partial charge in [-0.3, -0.25) is 0 Å². The maximum absolute atomic E-state index is 6.20. The van der Waals surface area contributed by atoms with Crippen LogP contribution in [0.1, 0.15) is 18.5 Å². The Bertz CT molecular complexity index is 622. The molecule has 0 aromatic heterocycles. The van der Waals surface area contributed by atoms with Crippen molar-refractivity contribution in [3.63, 3.8) is 0 Å². The third-order valence-corrected chi connectivity index (χ3v) is 4.43. The molecule has 20 heavy (non-hydrogen) atoms. The van der Waals surface area contributed by atoms with Crippen LogP contribution >= 0.6 is 62.3 Å². The van der Waals surface area contributed by atoms with Crippen LogP contribution in [-0.2, 0) is 0 Å². The first kappa shape index (κ1) is 16.3. The predicted molar refractivity (Wildman–Crippen MR) is 92.7 cm³/mol. The SMILES string of the molecule is CC(Nc1c(Cl)cc(Br)cc1Cl)c1cc(Cl)ccc1Cl. The summed E-state index contributed by atoms with van der Waals surface area (Å²) >= 11 is 27.9. The molecule has 106 valence electrons. The average molecular weight is 414 g/mol. The molecular formula is C14H10BrCl4N. The number of hydrogen-bond donors (Lipinski definition) is 1. The van der Waals surface area contributed by atoms with Crippen molar-refractivity contribution in [3.05, 3.63) is 60.5 Å². The lowest BCUT2D eigenvalue weighted by Gasteiger charge is -2.19. The van der Waals surface area contributed by atoms with E-state index in [9.17, 15) is 0 Å². The molecule has 1 unspecified atom stereocenters. The lowest BCUT2D eigenvalue weighted by atomic mass is 10.1. The van der Waals surface area contributed by atoms with Gasteiger partial charge in [0.15, 0.2) is 0 Å². The van der Waals surface area contributed by atoms with Gasteiger partial charge in [-0.25, -0.2) is 0 Å². The summed E-state index contributed by atoms with van der Waals surface area (Å²) in [5.41, 5.74) is 1.55. The van der Waals surface area contributed by atoms with Gasteiger partial charge in [-0.1, -0.05) is 62.3 Å². The van der Waals surface area contributed by atoms with Gasteiger partial charge in [0, 0.05) is 14.5 Å². The highest BCUT2D eigenvalue weighted by Crippen LogP contribution is 2.37. The fourth-order valence-electron chi connectivity index (χ4n) is 1.82. The Morgan fingerprint density at radius 1 is 0.950 bits per heavy atom. The zero-order valence-corrected chi connectivity index (χ0v) is 15.0. The van der Waals surface area contributed by atoms with Crippen molar-refractivity contribution in [2.24, 2.45) is 0 Å². The molecule has 0 bridgehead atoms. The Kier molecular flexibility index (Phi) is 5.49. The quantitative estimate of drug-likeness (QED) is 0.559. The van der Waals surface area contributed by atoms with E-state index < -0.39 is 0 Å². The summed E-state index contributed by atoms with van der Waals surface area (Å²) in [6.45, 7) is 1.96. The second-order valence-electron chi connectivity index (χ2n) is 4.28. The molecule has 1 N–H and O–H groups in total. The van der Waals surface area contributed by atoms with Gasteiger partial charge in [0.2, 0.25) is 0 Å². The van der Waals surface area contributed by atoms with E-state index in [4.69, 9.17) is 46.4 Å². The van der Waals surface area contributed by atoms with Crippen LogP contribution in [0.15, 0.2) is 34.8 Å². The number of nitrogens with one attached hydrogen (secondary N) is 1.